The number of rotatable bonds is 7. The number of hydrogen-bond donors (Lipinski definition) is 0. The van der Waals surface area contributed by atoms with E-state index in [4.69, 9.17) is 9.47 Å². The number of carbonyl (C=O) groups excluding carboxylic acids is 2. The van der Waals surface area contributed by atoms with Crippen LogP contribution in [0.5, 0.6) is 11.5 Å². The molecule has 28 heavy (non-hydrogen) atoms. The number of halogens is 3. The Labute approximate surface area is 160 Å². The van der Waals surface area contributed by atoms with E-state index in [1.54, 1.807) is 23.1 Å². The van der Waals surface area contributed by atoms with Gasteiger partial charge in [0.25, 0.3) is 5.91 Å². The second-order valence-electron chi connectivity index (χ2n) is 6.16. The predicted octanol–water partition coefficient (Wildman–Crippen LogP) is 1.96. The fourth-order valence-electron chi connectivity index (χ4n) is 2.81. The Hall–Kier alpha value is -2.49. The maximum Gasteiger partial charge on any atom is 0.411 e. The minimum Gasteiger partial charge on any atom is -0.497 e. The normalized spacial score (nSPS) is 14.8. The fraction of sp³-hybridized carbons (Fsp3) is 0.556. The van der Waals surface area contributed by atoms with Crippen LogP contribution in [0.1, 0.15) is 16.8 Å². The number of piperazine rings is 1. The number of ether oxygens (including phenoxy) is 3. The molecule has 1 heterocycles. The molecular formula is C18H23F3N2O5. The van der Waals surface area contributed by atoms with Crippen LogP contribution in [-0.4, -0.2) is 81.4 Å². The first kappa shape index (κ1) is 21.8. The van der Waals surface area contributed by atoms with Crippen molar-refractivity contribution < 1.29 is 37.0 Å². The van der Waals surface area contributed by atoms with Crippen LogP contribution in [0.25, 0.3) is 0 Å². The molecule has 1 fully saturated rings. The Morgan fingerprint density at radius 1 is 1.04 bits per heavy atom. The highest BCUT2D eigenvalue weighted by Crippen LogP contribution is 2.26. The zero-order valence-corrected chi connectivity index (χ0v) is 15.8. The minimum atomic E-state index is -4.41. The molecule has 1 saturated heterocycles. The Bertz CT molecular complexity index is 688. The third kappa shape index (κ3) is 6.01. The Kier molecular flexibility index (Phi) is 7.50. The van der Waals surface area contributed by atoms with E-state index in [1.165, 1.54) is 19.1 Å². The maximum absolute atomic E-state index is 12.7. The lowest BCUT2D eigenvalue weighted by Gasteiger charge is -2.35. The molecule has 7 nitrogen and oxygen atoms in total. The van der Waals surface area contributed by atoms with E-state index >= 15 is 0 Å². The Morgan fingerprint density at radius 2 is 1.68 bits per heavy atom. The summed E-state index contributed by atoms with van der Waals surface area (Å²) in [5.41, 5.74) is 0.392. The summed E-state index contributed by atoms with van der Waals surface area (Å²) in [6.07, 6.45) is -4.53. The molecule has 0 saturated carbocycles. The monoisotopic (exact) mass is 404 g/mol. The third-order valence-electron chi connectivity index (χ3n) is 4.28. The van der Waals surface area contributed by atoms with Crippen molar-refractivity contribution in [2.45, 2.75) is 12.6 Å². The van der Waals surface area contributed by atoms with Gasteiger partial charge in [0.2, 0.25) is 5.91 Å². The highest BCUT2D eigenvalue weighted by molar-refractivity contribution is 5.97. The molecule has 0 N–H and O–H groups in total. The summed E-state index contributed by atoms with van der Waals surface area (Å²) in [5, 5.41) is 0. The van der Waals surface area contributed by atoms with Crippen molar-refractivity contribution in [3.05, 3.63) is 23.8 Å². The zero-order valence-electron chi connectivity index (χ0n) is 15.8. The summed E-state index contributed by atoms with van der Waals surface area (Å²) in [4.78, 5) is 27.9. The molecule has 0 unspecified atom stereocenters. The number of hydrogen-bond acceptors (Lipinski definition) is 5. The number of methoxy groups -OCH3 is 2. The molecule has 2 amide bonds. The molecule has 2 rings (SSSR count). The topological polar surface area (TPSA) is 68.3 Å². The van der Waals surface area contributed by atoms with Gasteiger partial charge in [-0.05, 0) is 12.1 Å². The van der Waals surface area contributed by atoms with Crippen LogP contribution in [0.2, 0.25) is 0 Å². The first-order valence-electron chi connectivity index (χ1n) is 8.68. The van der Waals surface area contributed by atoms with Crippen molar-refractivity contribution in [2.75, 3.05) is 53.6 Å². The van der Waals surface area contributed by atoms with E-state index in [9.17, 15) is 22.8 Å². The van der Waals surface area contributed by atoms with Gasteiger partial charge >= 0.3 is 6.18 Å². The van der Waals surface area contributed by atoms with Crippen LogP contribution < -0.4 is 9.47 Å². The average molecular weight is 404 g/mol. The molecule has 156 valence electrons. The summed E-state index contributed by atoms with van der Waals surface area (Å²) in [6.45, 7) is -0.399. The first-order chi connectivity index (χ1) is 13.2. The molecule has 1 aliphatic heterocycles. The molecule has 0 atom stereocenters. The summed E-state index contributed by atoms with van der Waals surface area (Å²) in [5.74, 6) is 0.442. The van der Waals surface area contributed by atoms with E-state index in [2.05, 4.69) is 4.74 Å². The van der Waals surface area contributed by atoms with Crippen molar-refractivity contribution in [2.24, 2.45) is 0 Å². The third-order valence-corrected chi connectivity index (χ3v) is 4.28. The summed E-state index contributed by atoms with van der Waals surface area (Å²) < 4.78 is 50.9. The lowest BCUT2D eigenvalue weighted by molar-refractivity contribution is -0.175. The van der Waals surface area contributed by atoms with E-state index in [1.807, 2.05) is 0 Å². The summed E-state index contributed by atoms with van der Waals surface area (Å²) in [6, 6.07) is 4.90. The van der Waals surface area contributed by atoms with E-state index in [0.29, 0.717) is 43.2 Å². The van der Waals surface area contributed by atoms with Gasteiger partial charge in [-0.3, -0.25) is 9.59 Å². The van der Waals surface area contributed by atoms with Crippen LogP contribution >= 0.6 is 0 Å². The molecule has 10 heteroatoms. The molecule has 0 radical (unpaired) electrons. The fourth-order valence-corrected chi connectivity index (χ4v) is 2.81. The SMILES string of the molecule is COc1ccc(C(=O)N2CCN(C(=O)CCOCC(F)(F)F)CC2)c(OC)c1. The van der Waals surface area contributed by atoms with E-state index in [-0.39, 0.29) is 24.8 Å². The van der Waals surface area contributed by atoms with Crippen LogP contribution in [-0.2, 0) is 9.53 Å². The van der Waals surface area contributed by atoms with Crippen LogP contribution in [0.4, 0.5) is 13.2 Å². The number of nitrogens with zero attached hydrogens (tertiary/aromatic N) is 2. The minimum absolute atomic E-state index is 0.129. The smallest absolute Gasteiger partial charge is 0.411 e. The largest absolute Gasteiger partial charge is 0.497 e. The van der Waals surface area contributed by atoms with Crippen LogP contribution in [0.15, 0.2) is 18.2 Å². The van der Waals surface area contributed by atoms with Gasteiger partial charge < -0.3 is 24.0 Å². The van der Waals surface area contributed by atoms with Gasteiger partial charge in [-0.15, -0.1) is 0 Å². The van der Waals surface area contributed by atoms with E-state index < -0.39 is 12.8 Å². The van der Waals surface area contributed by atoms with E-state index in [0.717, 1.165) is 0 Å². The molecule has 1 aliphatic rings. The maximum atomic E-state index is 12.7. The summed E-state index contributed by atoms with van der Waals surface area (Å²) >= 11 is 0. The van der Waals surface area contributed by atoms with Gasteiger partial charge in [0.05, 0.1) is 32.8 Å². The second kappa shape index (κ2) is 9.63. The molecule has 0 spiro atoms. The lowest BCUT2D eigenvalue weighted by atomic mass is 10.1. The molecule has 1 aromatic rings. The number of alkyl halides is 3. The van der Waals surface area contributed by atoms with Crippen molar-refractivity contribution in [3.63, 3.8) is 0 Å². The molecule has 0 aliphatic carbocycles. The van der Waals surface area contributed by atoms with Gasteiger partial charge in [-0.1, -0.05) is 0 Å². The van der Waals surface area contributed by atoms with Gasteiger partial charge in [0.15, 0.2) is 0 Å². The van der Waals surface area contributed by atoms with Gasteiger partial charge in [-0.2, -0.15) is 13.2 Å². The standard InChI is InChI=1S/C18H23F3N2O5/c1-26-13-3-4-14(15(11-13)27-2)17(25)23-8-6-22(7-9-23)16(24)5-10-28-12-18(19,20)21/h3-4,11H,5-10,12H2,1-2H3. The second-order valence-corrected chi connectivity index (χ2v) is 6.16. The highest BCUT2D eigenvalue weighted by Gasteiger charge is 2.29. The average Bonchev–Trinajstić information content (AvgIpc) is 2.69. The van der Waals surface area contributed by atoms with Crippen LogP contribution in [0, 0.1) is 0 Å². The number of benzene rings is 1. The van der Waals surface area contributed by atoms with Crippen molar-refractivity contribution >= 4 is 11.8 Å². The molecule has 1 aromatic carbocycles. The van der Waals surface area contributed by atoms with Crippen molar-refractivity contribution in [1.29, 1.82) is 0 Å². The summed E-state index contributed by atoms with van der Waals surface area (Å²) in [7, 11) is 2.98. The number of carbonyl (C=O) groups is 2. The van der Waals surface area contributed by atoms with Gasteiger partial charge in [0.1, 0.15) is 18.1 Å². The van der Waals surface area contributed by atoms with Crippen molar-refractivity contribution in [1.82, 2.24) is 9.80 Å². The van der Waals surface area contributed by atoms with Crippen LogP contribution in [0.3, 0.4) is 0 Å². The Balaban J connectivity index is 1.84. The lowest BCUT2D eigenvalue weighted by Crippen LogP contribution is -2.50. The quantitative estimate of drug-likeness (QED) is 0.650. The molecule has 0 aromatic heterocycles. The number of amides is 2. The highest BCUT2D eigenvalue weighted by atomic mass is 19.4. The van der Waals surface area contributed by atoms with Crippen molar-refractivity contribution in [3.8, 4) is 11.5 Å². The zero-order chi connectivity index (χ0) is 20.7. The molecular weight excluding hydrogens is 381 g/mol. The first-order valence-corrected chi connectivity index (χ1v) is 8.68. The molecule has 0 bridgehead atoms. The Morgan fingerprint density at radius 3 is 2.25 bits per heavy atom. The van der Waals surface area contributed by atoms with Gasteiger partial charge in [-0.25, -0.2) is 0 Å². The van der Waals surface area contributed by atoms with Gasteiger partial charge in [0, 0.05) is 32.2 Å². The predicted molar refractivity (Wildman–Crippen MR) is 93.5 cm³/mol.